The maximum absolute atomic E-state index is 10.5. The van der Waals surface area contributed by atoms with E-state index in [1.807, 2.05) is 0 Å². The highest BCUT2D eigenvalue weighted by Gasteiger charge is 2.09. The molecule has 0 saturated carbocycles. The van der Waals surface area contributed by atoms with Gasteiger partial charge in [-0.3, -0.25) is 0 Å². The maximum atomic E-state index is 10.5. The minimum absolute atomic E-state index is 0.0255. The van der Waals surface area contributed by atoms with Gasteiger partial charge in [0.2, 0.25) is 0 Å². The number of benzene rings is 1. The molecule has 0 atom stereocenters. The molecule has 5 heteroatoms. The summed E-state index contributed by atoms with van der Waals surface area (Å²) in [6.07, 6.45) is 0. The molecule has 0 saturated heterocycles. The summed E-state index contributed by atoms with van der Waals surface area (Å²) in [4.78, 5) is 20.9. The van der Waals surface area contributed by atoms with E-state index in [1.54, 1.807) is 0 Å². The molecular formula is C8H5BO4. The van der Waals surface area contributed by atoms with Crippen LogP contribution in [0.3, 0.4) is 0 Å². The van der Waals surface area contributed by atoms with Gasteiger partial charge < -0.3 is 10.2 Å². The Morgan fingerprint density at radius 2 is 1.77 bits per heavy atom. The molecule has 2 radical (unpaired) electrons. The van der Waals surface area contributed by atoms with Crippen molar-refractivity contribution in [3.05, 3.63) is 29.3 Å². The van der Waals surface area contributed by atoms with Gasteiger partial charge >= 0.3 is 11.9 Å². The van der Waals surface area contributed by atoms with Gasteiger partial charge in [0.05, 0.1) is 11.1 Å². The van der Waals surface area contributed by atoms with E-state index < -0.39 is 11.9 Å². The summed E-state index contributed by atoms with van der Waals surface area (Å²) in [6.45, 7) is 0. The van der Waals surface area contributed by atoms with Crippen LogP contribution < -0.4 is 5.46 Å². The van der Waals surface area contributed by atoms with Gasteiger partial charge in [-0.15, -0.1) is 0 Å². The van der Waals surface area contributed by atoms with E-state index in [0.29, 0.717) is 0 Å². The summed E-state index contributed by atoms with van der Waals surface area (Å²) in [7, 11) is 5.32. The molecule has 1 rings (SSSR count). The summed E-state index contributed by atoms with van der Waals surface area (Å²) in [6, 6.07) is 3.48. The first-order valence-electron chi connectivity index (χ1n) is 3.38. The molecule has 2 N–H and O–H groups in total. The van der Waals surface area contributed by atoms with Crippen LogP contribution in [0.2, 0.25) is 0 Å². The topological polar surface area (TPSA) is 74.6 Å². The molecule has 0 aliphatic rings. The highest BCUT2D eigenvalue weighted by Crippen LogP contribution is 2.01. The van der Waals surface area contributed by atoms with Gasteiger partial charge in [-0.25, -0.2) is 9.59 Å². The predicted octanol–water partition coefficient (Wildman–Crippen LogP) is -0.123. The molecule has 1 aromatic rings. The zero-order chi connectivity index (χ0) is 10.0. The van der Waals surface area contributed by atoms with Gasteiger partial charge in [0.15, 0.2) is 0 Å². The molecule has 0 amide bonds. The van der Waals surface area contributed by atoms with Crippen LogP contribution in [0.1, 0.15) is 20.7 Å². The number of carboxylic acids is 2. The summed E-state index contributed by atoms with van der Waals surface area (Å²) in [5.74, 6) is -2.31. The third-order valence-electron chi connectivity index (χ3n) is 1.53. The molecule has 1 aromatic carbocycles. The first kappa shape index (κ1) is 9.31. The molecule has 0 aliphatic carbocycles. The number of carboxylic acid groups (broad SMARTS) is 2. The van der Waals surface area contributed by atoms with Crippen LogP contribution in [0.4, 0.5) is 0 Å². The average molecular weight is 176 g/mol. The lowest BCUT2D eigenvalue weighted by molar-refractivity contribution is 0.0682. The Kier molecular flexibility index (Phi) is 2.37. The van der Waals surface area contributed by atoms with Gasteiger partial charge in [-0.2, -0.15) is 0 Å². The van der Waals surface area contributed by atoms with Gasteiger partial charge in [-0.05, 0) is 12.1 Å². The van der Waals surface area contributed by atoms with Crippen molar-refractivity contribution in [2.24, 2.45) is 0 Å². The number of carbonyl (C=O) groups is 2. The monoisotopic (exact) mass is 176 g/mol. The second-order valence-electron chi connectivity index (χ2n) is 2.41. The molecule has 0 bridgehead atoms. The van der Waals surface area contributed by atoms with Gasteiger partial charge in [-0.1, -0.05) is 11.5 Å². The summed E-state index contributed by atoms with van der Waals surface area (Å²) in [5, 5.41) is 17.1. The lowest BCUT2D eigenvalue weighted by atomic mass is 9.89. The largest absolute Gasteiger partial charge is 0.478 e. The Morgan fingerprint density at radius 3 is 2.15 bits per heavy atom. The fourth-order valence-corrected chi connectivity index (χ4v) is 0.891. The fraction of sp³-hybridized carbons (Fsp3) is 0. The molecular weight excluding hydrogens is 171 g/mol. The third kappa shape index (κ3) is 1.87. The van der Waals surface area contributed by atoms with Crippen LogP contribution in [0.5, 0.6) is 0 Å². The summed E-state index contributed by atoms with van der Waals surface area (Å²) >= 11 is 0. The number of hydrogen-bond acceptors (Lipinski definition) is 2. The van der Waals surface area contributed by atoms with Crippen molar-refractivity contribution in [1.29, 1.82) is 0 Å². The van der Waals surface area contributed by atoms with E-state index in [0.717, 1.165) is 6.07 Å². The maximum Gasteiger partial charge on any atom is 0.335 e. The zero-order valence-electron chi connectivity index (χ0n) is 6.52. The van der Waals surface area contributed by atoms with Crippen molar-refractivity contribution >= 4 is 25.2 Å². The molecule has 13 heavy (non-hydrogen) atoms. The molecule has 0 aromatic heterocycles. The van der Waals surface area contributed by atoms with Crippen molar-refractivity contribution in [2.45, 2.75) is 0 Å². The van der Waals surface area contributed by atoms with Gasteiger partial charge in [0.1, 0.15) is 7.85 Å². The summed E-state index contributed by atoms with van der Waals surface area (Å²) in [5.41, 5.74) is -0.167. The molecule has 0 unspecified atom stereocenters. The van der Waals surface area contributed by atoms with Crippen molar-refractivity contribution < 1.29 is 19.8 Å². The second kappa shape index (κ2) is 3.31. The average Bonchev–Trinajstić information content (AvgIpc) is 2.03. The van der Waals surface area contributed by atoms with Crippen LogP contribution in [-0.2, 0) is 0 Å². The molecule has 0 spiro atoms. The molecule has 0 heterocycles. The van der Waals surface area contributed by atoms with Crippen LogP contribution >= 0.6 is 0 Å². The Balaban J connectivity index is 3.20. The minimum Gasteiger partial charge on any atom is -0.478 e. The van der Waals surface area contributed by atoms with E-state index >= 15 is 0 Å². The lowest BCUT2D eigenvalue weighted by Gasteiger charge is -2.01. The lowest BCUT2D eigenvalue weighted by Crippen LogP contribution is -2.17. The highest BCUT2D eigenvalue weighted by molar-refractivity contribution is 6.36. The third-order valence-corrected chi connectivity index (χ3v) is 1.53. The van der Waals surface area contributed by atoms with Crippen LogP contribution in [0.25, 0.3) is 0 Å². The first-order chi connectivity index (χ1) is 6.02. The first-order valence-corrected chi connectivity index (χ1v) is 3.38. The Labute approximate surface area is 75.2 Å². The van der Waals surface area contributed by atoms with Gasteiger partial charge in [0, 0.05) is 0 Å². The number of aromatic carboxylic acids is 2. The Bertz CT molecular complexity index is 372. The van der Waals surface area contributed by atoms with E-state index in [2.05, 4.69) is 0 Å². The van der Waals surface area contributed by atoms with Crippen molar-refractivity contribution in [1.82, 2.24) is 0 Å². The zero-order valence-corrected chi connectivity index (χ0v) is 6.52. The van der Waals surface area contributed by atoms with E-state index in [1.165, 1.54) is 12.1 Å². The number of hydrogen-bond donors (Lipinski definition) is 2. The van der Waals surface area contributed by atoms with Crippen LogP contribution in [-0.4, -0.2) is 30.0 Å². The Hall–Kier alpha value is -1.78. The molecule has 0 aliphatic heterocycles. The van der Waals surface area contributed by atoms with Crippen molar-refractivity contribution in [2.75, 3.05) is 0 Å². The van der Waals surface area contributed by atoms with Crippen molar-refractivity contribution in [3.8, 4) is 0 Å². The van der Waals surface area contributed by atoms with Crippen LogP contribution in [0.15, 0.2) is 18.2 Å². The smallest absolute Gasteiger partial charge is 0.335 e. The Morgan fingerprint density at radius 1 is 1.15 bits per heavy atom. The SMILES string of the molecule is [B]c1cc(C(=O)O)ccc1C(=O)O. The van der Waals surface area contributed by atoms with Crippen LogP contribution in [0, 0.1) is 0 Å². The second-order valence-corrected chi connectivity index (χ2v) is 2.41. The highest BCUT2D eigenvalue weighted by atomic mass is 16.4. The predicted molar refractivity (Wildman–Crippen MR) is 45.7 cm³/mol. The molecule has 0 fully saturated rings. The molecule has 4 nitrogen and oxygen atoms in total. The van der Waals surface area contributed by atoms with E-state index in [4.69, 9.17) is 18.1 Å². The molecule has 64 valence electrons. The van der Waals surface area contributed by atoms with Gasteiger partial charge in [0.25, 0.3) is 0 Å². The van der Waals surface area contributed by atoms with E-state index in [9.17, 15) is 9.59 Å². The fourth-order valence-electron chi connectivity index (χ4n) is 0.891. The minimum atomic E-state index is -1.17. The normalized spacial score (nSPS) is 9.54. The quantitative estimate of drug-likeness (QED) is 0.615. The summed E-state index contributed by atoms with van der Waals surface area (Å²) < 4.78 is 0. The number of rotatable bonds is 2. The van der Waals surface area contributed by atoms with E-state index in [-0.39, 0.29) is 16.6 Å². The van der Waals surface area contributed by atoms with Crippen molar-refractivity contribution in [3.63, 3.8) is 0 Å². The standard InChI is InChI=1S/C8H5BO4/c9-6-3-4(7(10)11)1-2-5(6)8(12)13/h1-3H,(H,10,11)(H,12,13).